The van der Waals surface area contributed by atoms with Gasteiger partial charge in [-0.3, -0.25) is 0 Å². The number of benzene rings is 1. The molecule has 1 atom stereocenters. The molecule has 1 aliphatic rings. The van der Waals surface area contributed by atoms with Gasteiger partial charge < -0.3 is 5.32 Å². The van der Waals surface area contributed by atoms with Crippen molar-refractivity contribution in [2.75, 3.05) is 19.6 Å². The lowest BCUT2D eigenvalue weighted by Crippen LogP contribution is -2.28. The van der Waals surface area contributed by atoms with E-state index in [0.29, 0.717) is 12.3 Å². The van der Waals surface area contributed by atoms with Crippen molar-refractivity contribution >= 4 is 10.0 Å². The van der Waals surface area contributed by atoms with Crippen LogP contribution in [0, 0.1) is 17.6 Å². The lowest BCUT2D eigenvalue weighted by Gasteiger charge is -2.11. The van der Waals surface area contributed by atoms with Crippen molar-refractivity contribution in [3.8, 4) is 0 Å². The molecule has 2 N–H and O–H groups in total. The molecule has 0 bridgehead atoms. The van der Waals surface area contributed by atoms with Gasteiger partial charge in [0.25, 0.3) is 0 Å². The molecule has 106 valence electrons. The second-order valence-corrected chi connectivity index (χ2v) is 6.30. The Morgan fingerprint density at radius 2 is 2.00 bits per heavy atom. The molecule has 0 unspecified atom stereocenters. The molecule has 1 saturated heterocycles. The number of hydrogen-bond donors (Lipinski definition) is 2. The van der Waals surface area contributed by atoms with Gasteiger partial charge in [-0.05, 0) is 44.0 Å². The van der Waals surface area contributed by atoms with Gasteiger partial charge in [-0.2, -0.15) is 0 Å². The Balaban J connectivity index is 2.01. The summed E-state index contributed by atoms with van der Waals surface area (Å²) >= 11 is 0. The van der Waals surface area contributed by atoms with Crippen molar-refractivity contribution in [1.29, 1.82) is 0 Å². The Kier molecular flexibility index (Phi) is 4.49. The van der Waals surface area contributed by atoms with Gasteiger partial charge in [0, 0.05) is 6.54 Å². The number of halogens is 2. The van der Waals surface area contributed by atoms with Crippen LogP contribution in [0.2, 0.25) is 0 Å². The zero-order chi connectivity index (χ0) is 13.9. The summed E-state index contributed by atoms with van der Waals surface area (Å²) in [7, 11) is -4.13. The third-order valence-corrected chi connectivity index (χ3v) is 4.71. The molecule has 1 aromatic carbocycles. The summed E-state index contributed by atoms with van der Waals surface area (Å²) in [6.45, 7) is 1.97. The summed E-state index contributed by atoms with van der Waals surface area (Å²) in [4.78, 5) is -0.903. The first-order valence-electron chi connectivity index (χ1n) is 6.15. The highest BCUT2D eigenvalue weighted by molar-refractivity contribution is 7.89. The lowest BCUT2D eigenvalue weighted by atomic mass is 10.1. The van der Waals surface area contributed by atoms with Gasteiger partial charge in [0.05, 0.1) is 0 Å². The van der Waals surface area contributed by atoms with Crippen LogP contribution in [0.1, 0.15) is 12.8 Å². The number of nitrogens with one attached hydrogen (secondary N) is 2. The predicted molar refractivity (Wildman–Crippen MR) is 67.1 cm³/mol. The Morgan fingerprint density at radius 3 is 2.58 bits per heavy atom. The maximum Gasteiger partial charge on any atom is 0.246 e. The molecule has 0 aromatic heterocycles. The highest BCUT2D eigenvalue weighted by atomic mass is 32.2. The van der Waals surface area contributed by atoms with E-state index in [2.05, 4.69) is 10.0 Å². The fourth-order valence-electron chi connectivity index (χ4n) is 2.17. The minimum absolute atomic E-state index is 0.183. The Morgan fingerprint density at radius 1 is 1.32 bits per heavy atom. The van der Waals surface area contributed by atoms with Crippen molar-refractivity contribution in [3.05, 3.63) is 29.8 Å². The van der Waals surface area contributed by atoms with Crippen molar-refractivity contribution in [3.63, 3.8) is 0 Å². The van der Waals surface area contributed by atoms with E-state index in [1.807, 2.05) is 0 Å². The second-order valence-electron chi connectivity index (χ2n) is 4.60. The van der Waals surface area contributed by atoms with Gasteiger partial charge in [-0.1, -0.05) is 6.07 Å². The third-order valence-electron chi connectivity index (χ3n) is 3.19. The fraction of sp³-hybridized carbons (Fsp3) is 0.500. The first kappa shape index (κ1) is 14.4. The van der Waals surface area contributed by atoms with Gasteiger partial charge in [0.2, 0.25) is 10.0 Å². The maximum atomic E-state index is 13.4. The molecule has 1 fully saturated rings. The van der Waals surface area contributed by atoms with E-state index >= 15 is 0 Å². The Hall–Kier alpha value is -1.05. The SMILES string of the molecule is O=S(=O)(NCC[C@@H]1CCNC1)c1c(F)cccc1F. The zero-order valence-corrected chi connectivity index (χ0v) is 11.1. The summed E-state index contributed by atoms with van der Waals surface area (Å²) in [5, 5.41) is 3.17. The normalized spacial score (nSPS) is 19.8. The monoisotopic (exact) mass is 290 g/mol. The molecule has 7 heteroatoms. The Labute approximate surface area is 111 Å². The number of sulfonamides is 1. The highest BCUT2D eigenvalue weighted by Crippen LogP contribution is 2.18. The van der Waals surface area contributed by atoms with Crippen LogP contribution in [-0.2, 0) is 10.0 Å². The van der Waals surface area contributed by atoms with Crippen LogP contribution < -0.4 is 10.0 Å². The molecule has 0 spiro atoms. The quantitative estimate of drug-likeness (QED) is 0.858. The van der Waals surface area contributed by atoms with E-state index in [1.165, 1.54) is 0 Å². The van der Waals surface area contributed by atoms with E-state index in [0.717, 1.165) is 37.7 Å². The minimum Gasteiger partial charge on any atom is -0.316 e. The van der Waals surface area contributed by atoms with Crippen molar-refractivity contribution in [2.24, 2.45) is 5.92 Å². The number of hydrogen-bond acceptors (Lipinski definition) is 3. The van der Waals surface area contributed by atoms with Crippen LogP contribution in [0.15, 0.2) is 23.1 Å². The second kappa shape index (κ2) is 5.94. The summed E-state index contributed by atoms with van der Waals surface area (Å²) in [6, 6.07) is 2.99. The van der Waals surface area contributed by atoms with Gasteiger partial charge in [-0.25, -0.2) is 21.9 Å². The minimum atomic E-state index is -4.13. The number of rotatable bonds is 5. The standard InChI is InChI=1S/C12H16F2N2O2S/c13-10-2-1-3-11(14)12(10)19(17,18)16-7-5-9-4-6-15-8-9/h1-3,9,15-16H,4-8H2/t9-/m0/s1. The molecule has 1 heterocycles. The van der Waals surface area contributed by atoms with E-state index in [9.17, 15) is 17.2 Å². The molecule has 2 rings (SSSR count). The molecule has 0 radical (unpaired) electrons. The van der Waals surface area contributed by atoms with E-state index in [4.69, 9.17) is 0 Å². The molecular weight excluding hydrogens is 274 g/mol. The molecule has 0 saturated carbocycles. The predicted octanol–water partition coefficient (Wildman–Crippen LogP) is 1.24. The van der Waals surface area contributed by atoms with Crippen molar-refractivity contribution < 1.29 is 17.2 Å². The van der Waals surface area contributed by atoms with Gasteiger partial charge in [0.15, 0.2) is 4.90 Å². The lowest BCUT2D eigenvalue weighted by molar-refractivity contribution is 0.501. The molecule has 4 nitrogen and oxygen atoms in total. The van der Waals surface area contributed by atoms with Crippen LogP contribution in [0.25, 0.3) is 0 Å². The van der Waals surface area contributed by atoms with Crippen LogP contribution in [-0.4, -0.2) is 28.1 Å². The first-order valence-corrected chi connectivity index (χ1v) is 7.63. The smallest absolute Gasteiger partial charge is 0.246 e. The fourth-order valence-corrected chi connectivity index (χ4v) is 3.35. The molecule has 0 amide bonds. The first-order chi connectivity index (χ1) is 9.00. The van der Waals surface area contributed by atoms with Crippen LogP contribution in [0.4, 0.5) is 8.78 Å². The zero-order valence-electron chi connectivity index (χ0n) is 10.3. The molecule has 1 aliphatic heterocycles. The summed E-state index contributed by atoms with van der Waals surface area (Å²) < 4.78 is 52.7. The third kappa shape index (κ3) is 3.49. The summed E-state index contributed by atoms with van der Waals surface area (Å²) in [5.74, 6) is -1.74. The highest BCUT2D eigenvalue weighted by Gasteiger charge is 2.24. The summed E-state index contributed by atoms with van der Waals surface area (Å²) in [6.07, 6.45) is 1.65. The largest absolute Gasteiger partial charge is 0.316 e. The average Bonchev–Trinajstić information content (AvgIpc) is 2.81. The van der Waals surface area contributed by atoms with Gasteiger partial charge in [-0.15, -0.1) is 0 Å². The van der Waals surface area contributed by atoms with Crippen LogP contribution in [0.5, 0.6) is 0 Å². The van der Waals surface area contributed by atoms with E-state index < -0.39 is 26.6 Å². The molecular formula is C12H16F2N2O2S. The average molecular weight is 290 g/mol. The van der Waals surface area contributed by atoms with Crippen molar-refractivity contribution in [1.82, 2.24) is 10.0 Å². The van der Waals surface area contributed by atoms with Crippen LogP contribution >= 0.6 is 0 Å². The molecule has 0 aliphatic carbocycles. The van der Waals surface area contributed by atoms with E-state index in [1.54, 1.807) is 0 Å². The van der Waals surface area contributed by atoms with E-state index in [-0.39, 0.29) is 6.54 Å². The van der Waals surface area contributed by atoms with Crippen LogP contribution in [0.3, 0.4) is 0 Å². The van der Waals surface area contributed by atoms with Crippen molar-refractivity contribution in [2.45, 2.75) is 17.7 Å². The Bertz CT molecular complexity index is 522. The van der Waals surface area contributed by atoms with Gasteiger partial charge >= 0.3 is 0 Å². The molecule has 19 heavy (non-hydrogen) atoms. The topological polar surface area (TPSA) is 58.2 Å². The summed E-state index contributed by atoms with van der Waals surface area (Å²) in [5.41, 5.74) is 0. The maximum absolute atomic E-state index is 13.4. The molecule has 1 aromatic rings. The van der Waals surface area contributed by atoms with Gasteiger partial charge in [0.1, 0.15) is 11.6 Å².